The summed E-state index contributed by atoms with van der Waals surface area (Å²) in [5.41, 5.74) is 3.25. The van der Waals surface area contributed by atoms with Gasteiger partial charge in [0.15, 0.2) is 0 Å². The molecule has 0 bridgehead atoms. The number of unbranched alkanes of at least 4 members (excludes halogenated alkanes) is 2. The van der Waals surface area contributed by atoms with Crippen LogP contribution in [0.4, 0.5) is 0 Å². The van der Waals surface area contributed by atoms with Gasteiger partial charge in [-0.3, -0.25) is 0 Å². The Hall–Kier alpha value is -2.20. The van der Waals surface area contributed by atoms with Gasteiger partial charge in [0, 0.05) is 5.56 Å². The molecule has 0 N–H and O–H groups in total. The number of benzene rings is 2. The Bertz CT molecular complexity index is 558. The number of rotatable bonds is 6. The summed E-state index contributed by atoms with van der Waals surface area (Å²) in [7, 11) is 0. The van der Waals surface area contributed by atoms with Crippen LogP contribution in [0.5, 0.6) is 5.75 Å². The van der Waals surface area contributed by atoms with Crippen molar-refractivity contribution < 1.29 is 4.74 Å². The average Bonchev–Trinajstić information content (AvgIpc) is 2.52. The van der Waals surface area contributed by atoms with Gasteiger partial charge in [-0.1, -0.05) is 50.0 Å². The molecule has 2 aromatic rings. The molecule has 1 heteroatoms. The molecule has 0 aliphatic carbocycles. The molecular weight excluding hydrogens is 244 g/mol. The van der Waals surface area contributed by atoms with Gasteiger partial charge in [0.25, 0.3) is 0 Å². The molecule has 0 unspecified atom stereocenters. The van der Waals surface area contributed by atoms with Crippen LogP contribution in [-0.2, 0) is 0 Å². The van der Waals surface area contributed by atoms with Gasteiger partial charge >= 0.3 is 0 Å². The lowest BCUT2D eigenvalue weighted by molar-refractivity contribution is 0.306. The van der Waals surface area contributed by atoms with E-state index in [-0.39, 0.29) is 0 Å². The van der Waals surface area contributed by atoms with E-state index in [9.17, 15) is 0 Å². The molecule has 102 valence electrons. The second-order valence-corrected chi connectivity index (χ2v) is 4.80. The van der Waals surface area contributed by atoms with E-state index < -0.39 is 0 Å². The summed E-state index contributed by atoms with van der Waals surface area (Å²) >= 11 is 0. The summed E-state index contributed by atoms with van der Waals surface area (Å²) < 4.78 is 5.71. The van der Waals surface area contributed by atoms with Gasteiger partial charge < -0.3 is 4.74 Å². The highest BCUT2D eigenvalue weighted by atomic mass is 16.5. The lowest BCUT2D eigenvalue weighted by Gasteiger charge is -2.07. The molecule has 0 saturated heterocycles. The SMILES string of the molecule is C#Cc1ccc(-c2ccc(OCCCCC)cc2)cc1. The van der Waals surface area contributed by atoms with Crippen LogP contribution < -0.4 is 4.74 Å². The van der Waals surface area contributed by atoms with E-state index in [1.165, 1.54) is 24.0 Å². The molecular formula is C19H20O. The predicted octanol–water partition coefficient (Wildman–Crippen LogP) is 4.90. The minimum atomic E-state index is 0.796. The number of terminal acetylenes is 1. The minimum absolute atomic E-state index is 0.796. The van der Waals surface area contributed by atoms with Crippen molar-refractivity contribution in [2.75, 3.05) is 6.61 Å². The maximum absolute atomic E-state index is 5.71. The highest BCUT2D eigenvalue weighted by Crippen LogP contribution is 2.22. The fraction of sp³-hybridized carbons (Fsp3) is 0.263. The molecule has 0 saturated carbocycles. The molecule has 0 aliphatic heterocycles. The van der Waals surface area contributed by atoms with E-state index in [2.05, 4.69) is 25.0 Å². The van der Waals surface area contributed by atoms with Crippen molar-refractivity contribution in [2.24, 2.45) is 0 Å². The summed E-state index contributed by atoms with van der Waals surface area (Å²) in [6.07, 6.45) is 8.92. The maximum atomic E-state index is 5.71. The standard InChI is InChI=1S/C19H20O/c1-3-5-6-15-20-19-13-11-18(12-14-19)17-9-7-16(4-2)8-10-17/h2,7-14H,3,5-6,15H2,1H3. The summed E-state index contributed by atoms with van der Waals surface area (Å²) in [5.74, 6) is 3.56. The summed E-state index contributed by atoms with van der Waals surface area (Å²) in [5, 5.41) is 0. The van der Waals surface area contributed by atoms with Crippen LogP contribution in [-0.4, -0.2) is 6.61 Å². The van der Waals surface area contributed by atoms with Gasteiger partial charge in [0.2, 0.25) is 0 Å². The molecule has 2 aromatic carbocycles. The third-order valence-corrected chi connectivity index (χ3v) is 3.26. The van der Waals surface area contributed by atoms with Crippen LogP contribution in [0.3, 0.4) is 0 Å². The van der Waals surface area contributed by atoms with Gasteiger partial charge in [-0.15, -0.1) is 6.42 Å². The normalized spacial score (nSPS) is 10.0. The van der Waals surface area contributed by atoms with Crippen molar-refractivity contribution >= 4 is 0 Å². The Morgan fingerprint density at radius 3 is 2.05 bits per heavy atom. The van der Waals surface area contributed by atoms with Crippen molar-refractivity contribution in [3.8, 4) is 29.2 Å². The third kappa shape index (κ3) is 3.90. The molecule has 0 fully saturated rings. The van der Waals surface area contributed by atoms with E-state index in [1.54, 1.807) is 0 Å². The smallest absolute Gasteiger partial charge is 0.119 e. The van der Waals surface area contributed by atoms with Crippen molar-refractivity contribution in [1.29, 1.82) is 0 Å². The Morgan fingerprint density at radius 2 is 1.50 bits per heavy atom. The fourth-order valence-electron chi connectivity index (χ4n) is 2.04. The molecule has 0 spiro atoms. The van der Waals surface area contributed by atoms with Crippen molar-refractivity contribution in [1.82, 2.24) is 0 Å². The van der Waals surface area contributed by atoms with Crippen molar-refractivity contribution in [3.05, 3.63) is 54.1 Å². The zero-order chi connectivity index (χ0) is 14.2. The molecule has 0 heterocycles. The van der Waals surface area contributed by atoms with Crippen LogP contribution in [0.2, 0.25) is 0 Å². The van der Waals surface area contributed by atoms with Gasteiger partial charge in [-0.2, -0.15) is 0 Å². The van der Waals surface area contributed by atoms with Crippen LogP contribution in [0.25, 0.3) is 11.1 Å². The summed E-state index contributed by atoms with van der Waals surface area (Å²) in [4.78, 5) is 0. The van der Waals surface area contributed by atoms with Crippen molar-refractivity contribution in [3.63, 3.8) is 0 Å². The van der Waals surface area contributed by atoms with Gasteiger partial charge in [0.1, 0.15) is 5.75 Å². The van der Waals surface area contributed by atoms with Crippen LogP contribution in [0.15, 0.2) is 48.5 Å². The van der Waals surface area contributed by atoms with Crippen LogP contribution in [0.1, 0.15) is 31.7 Å². The molecule has 0 aliphatic rings. The molecule has 0 amide bonds. The average molecular weight is 264 g/mol. The quantitative estimate of drug-likeness (QED) is 0.532. The van der Waals surface area contributed by atoms with E-state index >= 15 is 0 Å². The Kier molecular flexibility index (Phi) is 5.26. The van der Waals surface area contributed by atoms with Crippen LogP contribution >= 0.6 is 0 Å². The minimum Gasteiger partial charge on any atom is -0.494 e. The second-order valence-electron chi connectivity index (χ2n) is 4.80. The fourth-order valence-corrected chi connectivity index (χ4v) is 2.04. The van der Waals surface area contributed by atoms with Gasteiger partial charge in [0.05, 0.1) is 6.61 Å². The van der Waals surface area contributed by atoms with E-state index in [0.29, 0.717) is 0 Å². The first-order valence-corrected chi connectivity index (χ1v) is 7.13. The molecule has 2 rings (SSSR count). The van der Waals surface area contributed by atoms with Crippen molar-refractivity contribution in [2.45, 2.75) is 26.2 Å². The zero-order valence-corrected chi connectivity index (χ0v) is 11.9. The first-order chi connectivity index (χ1) is 9.83. The second kappa shape index (κ2) is 7.40. The predicted molar refractivity (Wildman–Crippen MR) is 84.8 cm³/mol. The summed E-state index contributed by atoms with van der Waals surface area (Å²) in [6.45, 7) is 2.99. The third-order valence-electron chi connectivity index (χ3n) is 3.26. The van der Waals surface area contributed by atoms with Crippen LogP contribution in [0, 0.1) is 12.3 Å². The lowest BCUT2D eigenvalue weighted by Crippen LogP contribution is -1.96. The topological polar surface area (TPSA) is 9.23 Å². The Labute approximate surface area is 121 Å². The molecule has 0 aromatic heterocycles. The highest BCUT2D eigenvalue weighted by molar-refractivity contribution is 5.65. The number of hydrogen-bond acceptors (Lipinski definition) is 1. The Balaban J connectivity index is 1.98. The lowest BCUT2D eigenvalue weighted by atomic mass is 10.0. The molecule has 1 nitrogen and oxygen atoms in total. The Morgan fingerprint density at radius 1 is 0.900 bits per heavy atom. The summed E-state index contributed by atoms with van der Waals surface area (Å²) in [6, 6.07) is 16.2. The molecule has 0 atom stereocenters. The monoisotopic (exact) mass is 264 g/mol. The largest absolute Gasteiger partial charge is 0.494 e. The maximum Gasteiger partial charge on any atom is 0.119 e. The first-order valence-electron chi connectivity index (χ1n) is 7.13. The van der Waals surface area contributed by atoms with E-state index in [0.717, 1.165) is 24.3 Å². The highest BCUT2D eigenvalue weighted by Gasteiger charge is 1.99. The van der Waals surface area contributed by atoms with E-state index in [1.807, 2.05) is 36.4 Å². The molecule has 0 radical (unpaired) electrons. The van der Waals surface area contributed by atoms with Gasteiger partial charge in [-0.05, 0) is 41.8 Å². The number of hydrogen-bond donors (Lipinski definition) is 0. The van der Waals surface area contributed by atoms with E-state index in [4.69, 9.17) is 11.2 Å². The first kappa shape index (κ1) is 14.2. The number of ether oxygens (including phenoxy) is 1. The van der Waals surface area contributed by atoms with Gasteiger partial charge in [-0.25, -0.2) is 0 Å². The zero-order valence-electron chi connectivity index (χ0n) is 11.9. The molecule has 20 heavy (non-hydrogen) atoms.